The fraction of sp³-hybridized carbons (Fsp3) is 0.417. The number of hydrogen-bond acceptors (Lipinski definition) is 4. The van der Waals surface area contributed by atoms with Gasteiger partial charge in [0.05, 0.1) is 5.92 Å². The van der Waals surface area contributed by atoms with Crippen molar-refractivity contribution in [2.24, 2.45) is 11.8 Å². The molecule has 7 rings (SSSR count). The van der Waals surface area contributed by atoms with Crippen LogP contribution in [0.2, 0.25) is 0 Å². The van der Waals surface area contributed by atoms with Crippen LogP contribution in [0.4, 0.5) is 0 Å². The molecule has 2 bridgehead atoms. The highest BCUT2D eigenvalue weighted by atomic mass is 16.6. The molecular formula is C24H22N2O4. The van der Waals surface area contributed by atoms with Gasteiger partial charge in [-0.2, -0.15) is 0 Å². The van der Waals surface area contributed by atoms with E-state index in [1.807, 2.05) is 24.3 Å². The molecular weight excluding hydrogens is 380 g/mol. The highest BCUT2D eigenvalue weighted by Gasteiger charge is 2.75. The maximum atomic E-state index is 13.8. The first kappa shape index (κ1) is 17.8. The Balaban J connectivity index is 1.63. The molecule has 1 aliphatic heterocycles. The van der Waals surface area contributed by atoms with Crippen LogP contribution in [0.25, 0.3) is 0 Å². The Bertz CT molecular complexity index is 1060. The lowest BCUT2D eigenvalue weighted by atomic mass is 9.51. The van der Waals surface area contributed by atoms with Gasteiger partial charge in [0.1, 0.15) is 5.92 Å². The van der Waals surface area contributed by atoms with Crippen LogP contribution in [0.15, 0.2) is 48.5 Å². The minimum absolute atomic E-state index is 0.126. The zero-order chi connectivity index (χ0) is 20.6. The Labute approximate surface area is 174 Å². The van der Waals surface area contributed by atoms with E-state index in [4.69, 9.17) is 0 Å². The second-order valence-electron chi connectivity index (χ2n) is 9.02. The average molecular weight is 402 g/mol. The lowest BCUT2D eigenvalue weighted by Gasteiger charge is -2.48. The van der Waals surface area contributed by atoms with Crippen molar-refractivity contribution in [1.82, 2.24) is 4.90 Å². The van der Waals surface area contributed by atoms with Crippen LogP contribution in [0.5, 0.6) is 0 Å². The summed E-state index contributed by atoms with van der Waals surface area (Å²) in [5.74, 6) is -2.54. The van der Waals surface area contributed by atoms with Crippen molar-refractivity contribution in [1.29, 1.82) is 0 Å². The van der Waals surface area contributed by atoms with Crippen LogP contribution in [0, 0.1) is 22.0 Å². The molecule has 1 saturated heterocycles. The molecule has 2 aromatic carbocycles. The summed E-state index contributed by atoms with van der Waals surface area (Å²) in [6, 6.07) is 14.5. The van der Waals surface area contributed by atoms with E-state index in [-0.39, 0.29) is 28.7 Å². The number of likely N-dealkylation sites (tertiary alicyclic amines) is 1. The molecule has 2 aromatic rings. The number of rotatable bonds is 2. The summed E-state index contributed by atoms with van der Waals surface area (Å²) in [6.45, 7) is 0. The normalized spacial score (nSPS) is 32.0. The van der Waals surface area contributed by atoms with Crippen LogP contribution in [-0.2, 0) is 15.1 Å². The first-order valence-electron chi connectivity index (χ1n) is 10.8. The molecule has 1 saturated carbocycles. The minimum Gasteiger partial charge on any atom is -0.279 e. The van der Waals surface area contributed by atoms with E-state index in [9.17, 15) is 19.7 Å². The number of imide groups is 1. The van der Waals surface area contributed by atoms with Crippen molar-refractivity contribution in [2.75, 3.05) is 0 Å². The van der Waals surface area contributed by atoms with Crippen molar-refractivity contribution in [3.05, 3.63) is 80.9 Å². The SMILES string of the molecule is O=C1[C@@H]2C3c4ccccc4C([N+](=O)[O-])(c4ccccc43)[C@H]2C(=O)N1C1CCCCC1. The summed E-state index contributed by atoms with van der Waals surface area (Å²) in [6.07, 6.45) is 4.68. The van der Waals surface area contributed by atoms with Crippen LogP contribution in [0.3, 0.4) is 0 Å². The van der Waals surface area contributed by atoms with Gasteiger partial charge in [-0.05, 0) is 24.0 Å². The zero-order valence-corrected chi connectivity index (χ0v) is 16.5. The zero-order valence-electron chi connectivity index (χ0n) is 16.5. The summed E-state index contributed by atoms with van der Waals surface area (Å²) in [4.78, 5) is 41.5. The summed E-state index contributed by atoms with van der Waals surface area (Å²) >= 11 is 0. The van der Waals surface area contributed by atoms with Gasteiger partial charge in [0, 0.05) is 28.0 Å². The Hall–Kier alpha value is -3.02. The molecule has 30 heavy (non-hydrogen) atoms. The lowest BCUT2D eigenvalue weighted by molar-refractivity contribution is -0.578. The summed E-state index contributed by atoms with van der Waals surface area (Å²) < 4.78 is 0. The third kappa shape index (κ3) is 1.90. The number of carbonyl (C=O) groups is 2. The van der Waals surface area contributed by atoms with Crippen molar-refractivity contribution in [3.8, 4) is 0 Å². The average Bonchev–Trinajstić information content (AvgIpc) is 3.05. The quantitative estimate of drug-likeness (QED) is 0.437. The molecule has 0 N–H and O–H groups in total. The molecule has 1 heterocycles. The number of benzene rings is 2. The van der Waals surface area contributed by atoms with Gasteiger partial charge in [-0.1, -0.05) is 67.8 Å². The predicted molar refractivity (Wildman–Crippen MR) is 108 cm³/mol. The molecule has 2 atom stereocenters. The van der Waals surface area contributed by atoms with Gasteiger partial charge in [-0.25, -0.2) is 0 Å². The maximum Gasteiger partial charge on any atom is 0.284 e. The lowest BCUT2D eigenvalue weighted by Crippen LogP contribution is -2.57. The molecule has 6 heteroatoms. The number of nitro groups is 1. The van der Waals surface area contributed by atoms with Crippen LogP contribution in [-0.4, -0.2) is 27.7 Å². The van der Waals surface area contributed by atoms with E-state index in [1.165, 1.54) is 4.90 Å². The first-order valence-corrected chi connectivity index (χ1v) is 10.8. The van der Waals surface area contributed by atoms with Crippen molar-refractivity contribution in [3.63, 3.8) is 0 Å². The van der Waals surface area contributed by atoms with E-state index in [0.29, 0.717) is 11.1 Å². The van der Waals surface area contributed by atoms with E-state index < -0.39 is 17.4 Å². The number of hydrogen-bond donors (Lipinski definition) is 0. The van der Waals surface area contributed by atoms with Crippen molar-refractivity contribution in [2.45, 2.75) is 49.6 Å². The summed E-state index contributed by atoms with van der Waals surface area (Å²) in [5, 5.41) is 12.9. The molecule has 5 aliphatic rings. The number of carbonyl (C=O) groups excluding carboxylic acids is 2. The fourth-order valence-corrected chi connectivity index (χ4v) is 6.76. The molecule has 0 aromatic heterocycles. The smallest absolute Gasteiger partial charge is 0.279 e. The predicted octanol–water partition coefficient (Wildman–Crippen LogP) is 3.60. The van der Waals surface area contributed by atoms with E-state index in [1.54, 1.807) is 24.3 Å². The van der Waals surface area contributed by atoms with E-state index in [0.717, 1.165) is 43.2 Å². The minimum atomic E-state index is -1.71. The number of nitrogens with zero attached hydrogens (tertiary/aromatic N) is 2. The number of amides is 2. The van der Waals surface area contributed by atoms with Crippen molar-refractivity contribution < 1.29 is 14.5 Å². The molecule has 0 spiro atoms. The third-order valence-corrected chi connectivity index (χ3v) is 7.84. The standard InChI is InChI=1S/C24H22N2O4/c27-22-20-19-15-10-4-6-12-17(15)24(26(29)30,18-13-7-5-11-16(18)19)21(20)23(28)25(22)14-8-2-1-3-9-14/h4-7,10-14,19-21H,1-3,8-9H2/t19?,20-,21-,24?/m1/s1. The summed E-state index contributed by atoms with van der Waals surface area (Å²) in [7, 11) is 0. The Morgan fingerprint density at radius 2 is 1.43 bits per heavy atom. The van der Waals surface area contributed by atoms with Gasteiger partial charge in [0.25, 0.3) is 5.54 Å². The van der Waals surface area contributed by atoms with Gasteiger partial charge in [0.15, 0.2) is 0 Å². The maximum absolute atomic E-state index is 13.8. The third-order valence-electron chi connectivity index (χ3n) is 7.84. The Kier molecular flexibility index (Phi) is 3.56. The molecule has 2 fully saturated rings. The molecule has 0 radical (unpaired) electrons. The highest BCUT2D eigenvalue weighted by Crippen LogP contribution is 2.64. The van der Waals surface area contributed by atoms with E-state index >= 15 is 0 Å². The molecule has 4 aliphatic carbocycles. The largest absolute Gasteiger partial charge is 0.284 e. The van der Waals surface area contributed by atoms with Crippen LogP contribution < -0.4 is 0 Å². The topological polar surface area (TPSA) is 80.5 Å². The van der Waals surface area contributed by atoms with Gasteiger partial charge in [-0.15, -0.1) is 0 Å². The van der Waals surface area contributed by atoms with Crippen LogP contribution in [0.1, 0.15) is 60.3 Å². The second-order valence-corrected chi connectivity index (χ2v) is 9.02. The highest BCUT2D eigenvalue weighted by molar-refractivity contribution is 6.08. The first-order chi connectivity index (χ1) is 14.6. The van der Waals surface area contributed by atoms with Crippen LogP contribution >= 0.6 is 0 Å². The molecule has 6 nitrogen and oxygen atoms in total. The Morgan fingerprint density at radius 3 is 2.00 bits per heavy atom. The monoisotopic (exact) mass is 402 g/mol. The molecule has 152 valence electrons. The molecule has 2 amide bonds. The van der Waals surface area contributed by atoms with Gasteiger partial charge >= 0.3 is 0 Å². The fourth-order valence-electron chi connectivity index (χ4n) is 6.76. The summed E-state index contributed by atoms with van der Waals surface area (Å²) in [5.41, 5.74) is 1.09. The van der Waals surface area contributed by atoms with E-state index in [2.05, 4.69) is 0 Å². The molecule has 0 unspecified atom stereocenters. The van der Waals surface area contributed by atoms with Gasteiger partial charge < -0.3 is 0 Å². The Morgan fingerprint density at radius 1 is 0.867 bits per heavy atom. The van der Waals surface area contributed by atoms with Gasteiger partial charge in [0.2, 0.25) is 11.8 Å². The van der Waals surface area contributed by atoms with Crippen molar-refractivity contribution >= 4 is 11.8 Å². The van der Waals surface area contributed by atoms with Gasteiger partial charge in [-0.3, -0.25) is 24.6 Å². The second kappa shape index (κ2) is 6.00.